The number of hydrogen-bond donors (Lipinski definition) is 2. The Bertz CT molecular complexity index is 1470. The lowest BCUT2D eigenvalue weighted by Gasteiger charge is -2.27. The summed E-state index contributed by atoms with van der Waals surface area (Å²) >= 11 is 0. The summed E-state index contributed by atoms with van der Waals surface area (Å²) in [7, 11) is 1.66. The molecule has 4 N–H and O–H groups in total. The molecule has 0 saturated carbocycles. The van der Waals surface area contributed by atoms with Crippen LogP contribution in [-0.4, -0.2) is 40.3 Å². The minimum atomic E-state index is -0.710. The monoisotopic (exact) mass is 482 g/mol. The number of unbranched alkanes of at least 4 members (excludes halogenated alkanes) is 1. The van der Waals surface area contributed by atoms with Crippen LogP contribution < -0.4 is 16.2 Å². The molecule has 5 rings (SSSR count). The molecule has 0 fully saturated rings. The average molecular weight is 483 g/mol. The second kappa shape index (κ2) is 9.81. The quantitative estimate of drug-likeness (QED) is 0.349. The van der Waals surface area contributed by atoms with Gasteiger partial charge in [0, 0.05) is 24.6 Å². The number of anilines is 1. The molecule has 2 aromatic carbocycles. The molecule has 0 aliphatic carbocycles. The number of amides is 1. The number of hydrogen-bond acceptors (Lipinski definition) is 6. The molecule has 1 aliphatic rings. The first-order valence-electron chi connectivity index (χ1n) is 12.1. The van der Waals surface area contributed by atoms with Crippen LogP contribution in [0.1, 0.15) is 30.7 Å². The van der Waals surface area contributed by atoms with Gasteiger partial charge in [0.1, 0.15) is 17.1 Å². The fraction of sp³-hybridized carbons (Fsp3) is 0.286. The number of carbonyl (C=O) groups is 1. The number of nitrogens with two attached hydrogens (primary N) is 2. The summed E-state index contributed by atoms with van der Waals surface area (Å²) in [5.41, 5.74) is 15.1. The van der Waals surface area contributed by atoms with Crippen LogP contribution in [0.4, 0.5) is 5.82 Å². The van der Waals surface area contributed by atoms with E-state index < -0.39 is 5.41 Å². The van der Waals surface area contributed by atoms with Crippen molar-refractivity contribution in [3.8, 4) is 5.75 Å². The number of aromatic nitrogens is 3. The molecule has 1 unspecified atom stereocenters. The Morgan fingerprint density at radius 2 is 1.92 bits per heavy atom. The molecule has 0 spiro atoms. The number of rotatable bonds is 9. The van der Waals surface area contributed by atoms with Crippen molar-refractivity contribution < 1.29 is 9.53 Å². The van der Waals surface area contributed by atoms with Crippen molar-refractivity contribution in [2.24, 2.45) is 16.1 Å². The van der Waals surface area contributed by atoms with E-state index in [1.165, 1.54) is 0 Å². The van der Waals surface area contributed by atoms with Gasteiger partial charge in [0.15, 0.2) is 5.82 Å². The summed E-state index contributed by atoms with van der Waals surface area (Å²) in [5.74, 6) is 1.84. The third-order valence-electron chi connectivity index (χ3n) is 6.94. The van der Waals surface area contributed by atoms with E-state index in [1.54, 1.807) is 13.3 Å². The first-order valence-corrected chi connectivity index (χ1v) is 12.1. The highest BCUT2D eigenvalue weighted by atomic mass is 16.5. The van der Waals surface area contributed by atoms with Gasteiger partial charge in [-0.15, -0.1) is 0 Å². The van der Waals surface area contributed by atoms with Gasteiger partial charge in [0.2, 0.25) is 5.91 Å². The van der Waals surface area contributed by atoms with E-state index in [2.05, 4.69) is 32.7 Å². The number of nitrogen functional groups attached to an aromatic ring is 1. The van der Waals surface area contributed by atoms with Crippen molar-refractivity contribution in [3.05, 3.63) is 72.1 Å². The van der Waals surface area contributed by atoms with E-state index in [0.717, 1.165) is 58.5 Å². The highest BCUT2D eigenvalue weighted by Crippen LogP contribution is 2.32. The maximum atomic E-state index is 12.2. The minimum absolute atomic E-state index is 0.325. The van der Waals surface area contributed by atoms with E-state index in [1.807, 2.05) is 42.5 Å². The maximum Gasteiger partial charge on any atom is 0.229 e. The first kappa shape index (κ1) is 23.5. The van der Waals surface area contributed by atoms with Crippen LogP contribution in [0.25, 0.3) is 21.9 Å². The molecule has 1 amide bonds. The summed E-state index contributed by atoms with van der Waals surface area (Å²) in [6.45, 7) is 1.14. The van der Waals surface area contributed by atoms with Crippen molar-refractivity contribution in [1.29, 1.82) is 0 Å². The van der Waals surface area contributed by atoms with Gasteiger partial charge < -0.3 is 20.8 Å². The number of methoxy groups -OCH3 is 1. The van der Waals surface area contributed by atoms with Crippen molar-refractivity contribution in [3.63, 3.8) is 0 Å². The summed E-state index contributed by atoms with van der Waals surface area (Å²) < 4.78 is 7.56. The Balaban J connectivity index is 1.47. The molecule has 3 heterocycles. The highest BCUT2D eigenvalue weighted by Gasteiger charge is 2.34. The van der Waals surface area contributed by atoms with E-state index in [0.29, 0.717) is 25.2 Å². The zero-order valence-corrected chi connectivity index (χ0v) is 20.4. The predicted octanol–water partition coefficient (Wildman–Crippen LogP) is 4.05. The molecule has 0 saturated heterocycles. The predicted molar refractivity (Wildman–Crippen MR) is 143 cm³/mol. The van der Waals surface area contributed by atoms with Gasteiger partial charge >= 0.3 is 0 Å². The lowest BCUT2D eigenvalue weighted by atomic mass is 9.80. The molecule has 2 aromatic heterocycles. The van der Waals surface area contributed by atoms with Gasteiger partial charge in [-0.05, 0) is 42.7 Å². The lowest BCUT2D eigenvalue weighted by molar-refractivity contribution is -0.125. The van der Waals surface area contributed by atoms with Crippen molar-refractivity contribution in [2.75, 3.05) is 19.4 Å². The van der Waals surface area contributed by atoms with Crippen LogP contribution in [0.3, 0.4) is 0 Å². The molecular formula is C28H30N6O2. The SMILES string of the molecule is COc1ccc(Cc2nc3c(N)nc4ccccc4c3n2CCCCC2(C(N)=O)C=CC=NC2)cc1. The summed E-state index contributed by atoms with van der Waals surface area (Å²) in [6.07, 6.45) is 8.40. The molecular weight excluding hydrogens is 452 g/mol. The maximum absolute atomic E-state index is 12.2. The molecule has 36 heavy (non-hydrogen) atoms. The largest absolute Gasteiger partial charge is 0.497 e. The number of pyridine rings is 1. The number of ether oxygens (including phenoxy) is 1. The zero-order chi connectivity index (χ0) is 25.1. The number of fused-ring (bicyclic) bond motifs is 3. The van der Waals surface area contributed by atoms with Crippen molar-refractivity contribution >= 4 is 39.9 Å². The Morgan fingerprint density at radius 3 is 2.64 bits per heavy atom. The van der Waals surface area contributed by atoms with Crippen LogP contribution in [0.15, 0.2) is 65.7 Å². The second-order valence-corrected chi connectivity index (χ2v) is 9.24. The molecule has 184 valence electrons. The Hall–Kier alpha value is -4.20. The molecule has 1 atom stereocenters. The van der Waals surface area contributed by atoms with Crippen LogP contribution in [-0.2, 0) is 17.8 Å². The van der Waals surface area contributed by atoms with Crippen LogP contribution in [0, 0.1) is 5.41 Å². The summed E-state index contributed by atoms with van der Waals surface area (Å²) in [4.78, 5) is 26.0. The number of para-hydroxylation sites is 1. The zero-order valence-electron chi connectivity index (χ0n) is 20.4. The topological polar surface area (TPSA) is 121 Å². The van der Waals surface area contributed by atoms with Gasteiger partial charge in [-0.1, -0.05) is 42.8 Å². The average Bonchev–Trinajstić information content (AvgIpc) is 3.26. The number of dihydropyridines is 1. The molecule has 0 radical (unpaired) electrons. The number of aliphatic imine (C=N–C) groups is 1. The number of allylic oxidation sites excluding steroid dienone is 1. The first-order chi connectivity index (χ1) is 17.5. The molecule has 4 aromatic rings. The number of primary amides is 1. The number of aryl methyl sites for hydroxylation is 1. The smallest absolute Gasteiger partial charge is 0.229 e. The van der Waals surface area contributed by atoms with Crippen molar-refractivity contribution in [1.82, 2.24) is 14.5 Å². The van der Waals surface area contributed by atoms with Gasteiger partial charge in [-0.2, -0.15) is 0 Å². The lowest BCUT2D eigenvalue weighted by Crippen LogP contribution is -2.39. The summed E-state index contributed by atoms with van der Waals surface area (Å²) in [6, 6.07) is 16.0. The van der Waals surface area contributed by atoms with Crippen LogP contribution in [0.5, 0.6) is 5.75 Å². The van der Waals surface area contributed by atoms with Gasteiger partial charge in [-0.3, -0.25) is 9.79 Å². The molecule has 8 heteroatoms. The fourth-order valence-electron chi connectivity index (χ4n) is 4.92. The van der Waals surface area contributed by atoms with E-state index in [9.17, 15) is 4.79 Å². The molecule has 0 bridgehead atoms. The van der Waals surface area contributed by atoms with Gasteiger partial charge in [-0.25, -0.2) is 9.97 Å². The minimum Gasteiger partial charge on any atom is -0.497 e. The number of imidazole rings is 1. The Kier molecular flexibility index (Phi) is 6.41. The fourth-order valence-corrected chi connectivity index (χ4v) is 4.92. The van der Waals surface area contributed by atoms with E-state index in [-0.39, 0.29) is 5.91 Å². The Labute approximate surface area is 209 Å². The molecule has 8 nitrogen and oxygen atoms in total. The van der Waals surface area contributed by atoms with Gasteiger partial charge in [0.25, 0.3) is 0 Å². The van der Waals surface area contributed by atoms with E-state index >= 15 is 0 Å². The number of benzene rings is 2. The normalized spacial score (nSPS) is 17.1. The summed E-state index contributed by atoms with van der Waals surface area (Å²) in [5, 5.41) is 1.02. The number of nitrogens with zero attached hydrogens (tertiary/aromatic N) is 4. The Morgan fingerprint density at radius 1 is 1.11 bits per heavy atom. The van der Waals surface area contributed by atoms with Gasteiger partial charge in [0.05, 0.1) is 30.1 Å². The van der Waals surface area contributed by atoms with Crippen molar-refractivity contribution in [2.45, 2.75) is 32.2 Å². The standard InChI is InChI=1S/C28H30N6O2/c1-36-20-11-9-19(10-12-20)17-23-33-24-25(21-7-2-3-8-22(21)32-26(24)29)34(23)16-5-4-13-28(27(30)35)14-6-15-31-18-28/h2-3,6-12,14-15H,4-5,13,16-18H2,1H3,(H2,29,32)(H2,30,35). The molecule has 1 aliphatic heterocycles. The second-order valence-electron chi connectivity index (χ2n) is 9.24. The van der Waals surface area contributed by atoms with Crippen LogP contribution >= 0.6 is 0 Å². The number of carbonyl (C=O) groups excluding carboxylic acids is 1. The highest BCUT2D eigenvalue weighted by molar-refractivity contribution is 6.06. The van der Waals surface area contributed by atoms with E-state index in [4.69, 9.17) is 21.2 Å². The third kappa shape index (κ3) is 4.42. The van der Waals surface area contributed by atoms with Crippen LogP contribution in [0.2, 0.25) is 0 Å². The third-order valence-corrected chi connectivity index (χ3v) is 6.94.